The Morgan fingerprint density at radius 2 is 2.19 bits per heavy atom. The van der Waals surface area contributed by atoms with Gasteiger partial charge in [0, 0.05) is 0 Å². The lowest BCUT2D eigenvalue weighted by Gasteiger charge is -2.28. The monoisotopic (exact) mass is 229 g/mol. The van der Waals surface area contributed by atoms with E-state index in [1.54, 1.807) is 0 Å². The van der Waals surface area contributed by atoms with Gasteiger partial charge in [0.1, 0.15) is 6.61 Å². The first-order chi connectivity index (χ1) is 7.63. The number of carbonyl (C=O) groups excluding carboxylic acids is 1. The molecule has 1 saturated carbocycles. The number of ether oxygens (including phenoxy) is 1. The van der Waals surface area contributed by atoms with Crippen LogP contribution >= 0.6 is 0 Å². The molecule has 0 aromatic rings. The van der Waals surface area contributed by atoms with E-state index in [0.717, 1.165) is 32.1 Å². The van der Waals surface area contributed by atoms with Crippen molar-refractivity contribution in [1.29, 1.82) is 0 Å². The third-order valence-corrected chi connectivity index (χ3v) is 3.15. The molecule has 16 heavy (non-hydrogen) atoms. The summed E-state index contributed by atoms with van der Waals surface area (Å²) in [5.41, 5.74) is 0. The molecule has 1 aliphatic rings. The Labute approximate surface area is 97.4 Å². The molecule has 1 aliphatic carbocycles. The van der Waals surface area contributed by atoms with Gasteiger partial charge in [-0.05, 0) is 26.2 Å². The zero-order valence-corrected chi connectivity index (χ0v) is 10.2. The van der Waals surface area contributed by atoms with Gasteiger partial charge >= 0.3 is 0 Å². The minimum absolute atomic E-state index is 0.0817. The predicted octanol–water partition coefficient (Wildman–Crippen LogP) is 1.22. The van der Waals surface area contributed by atoms with E-state index < -0.39 is 0 Å². The quantitative estimate of drug-likeness (QED) is 0.745. The molecule has 94 valence electrons. The Morgan fingerprint density at radius 3 is 2.81 bits per heavy atom. The number of hydrogen-bond acceptors (Lipinski definition) is 3. The molecule has 0 aliphatic heterocycles. The predicted molar refractivity (Wildman–Crippen MR) is 62.1 cm³/mol. The Bertz CT molecular complexity index is 220. The van der Waals surface area contributed by atoms with E-state index in [1.807, 2.05) is 13.8 Å². The molecule has 3 unspecified atom stereocenters. The first-order valence-electron chi connectivity index (χ1n) is 6.22. The smallest absolute Gasteiger partial charge is 0.246 e. The van der Waals surface area contributed by atoms with Gasteiger partial charge in [-0.1, -0.05) is 19.8 Å². The molecule has 4 nitrogen and oxygen atoms in total. The summed E-state index contributed by atoms with van der Waals surface area (Å²) in [4.78, 5) is 11.5. The van der Waals surface area contributed by atoms with Crippen LogP contribution in [0.2, 0.25) is 0 Å². The van der Waals surface area contributed by atoms with Gasteiger partial charge < -0.3 is 15.2 Å². The Morgan fingerprint density at radius 1 is 1.50 bits per heavy atom. The van der Waals surface area contributed by atoms with Crippen LogP contribution in [0.5, 0.6) is 0 Å². The SMILES string of the molecule is CCC(C)OCC(=O)NC1CCCCC1O. The normalized spacial score (nSPS) is 27.4. The largest absolute Gasteiger partial charge is 0.391 e. The second-order valence-electron chi connectivity index (χ2n) is 4.56. The zero-order chi connectivity index (χ0) is 12.0. The number of aliphatic hydroxyl groups is 1. The van der Waals surface area contributed by atoms with Crippen molar-refractivity contribution in [3.05, 3.63) is 0 Å². The fraction of sp³-hybridized carbons (Fsp3) is 0.917. The summed E-state index contributed by atoms with van der Waals surface area (Å²) in [6.07, 6.45) is 4.42. The van der Waals surface area contributed by atoms with E-state index in [1.165, 1.54) is 0 Å². The minimum Gasteiger partial charge on any atom is -0.391 e. The molecule has 0 heterocycles. The molecule has 0 aromatic heterocycles. The van der Waals surface area contributed by atoms with Gasteiger partial charge in [0.05, 0.1) is 18.2 Å². The van der Waals surface area contributed by atoms with Crippen molar-refractivity contribution < 1.29 is 14.6 Å². The second kappa shape index (κ2) is 6.86. The van der Waals surface area contributed by atoms with E-state index in [0.29, 0.717) is 0 Å². The Kier molecular flexibility index (Phi) is 5.77. The van der Waals surface area contributed by atoms with Gasteiger partial charge in [-0.25, -0.2) is 0 Å². The van der Waals surface area contributed by atoms with E-state index >= 15 is 0 Å². The van der Waals surface area contributed by atoms with Crippen LogP contribution in [0.3, 0.4) is 0 Å². The standard InChI is InChI=1S/C12H23NO3/c1-3-9(2)16-8-12(15)13-10-6-4-5-7-11(10)14/h9-11,14H,3-8H2,1-2H3,(H,13,15). The summed E-state index contributed by atoms with van der Waals surface area (Å²) >= 11 is 0. The Hall–Kier alpha value is -0.610. The molecule has 1 rings (SSSR count). The summed E-state index contributed by atoms with van der Waals surface area (Å²) in [5, 5.41) is 12.5. The summed E-state index contributed by atoms with van der Waals surface area (Å²) in [6.45, 7) is 4.06. The average Bonchev–Trinajstić information content (AvgIpc) is 2.29. The zero-order valence-electron chi connectivity index (χ0n) is 10.2. The van der Waals surface area contributed by atoms with E-state index in [9.17, 15) is 9.90 Å². The van der Waals surface area contributed by atoms with Crippen LogP contribution in [0.25, 0.3) is 0 Å². The van der Waals surface area contributed by atoms with Crippen molar-refractivity contribution in [1.82, 2.24) is 5.32 Å². The lowest BCUT2D eigenvalue weighted by atomic mass is 9.92. The molecular weight excluding hydrogens is 206 g/mol. The second-order valence-corrected chi connectivity index (χ2v) is 4.56. The third-order valence-electron chi connectivity index (χ3n) is 3.15. The van der Waals surface area contributed by atoms with Gasteiger partial charge in [-0.3, -0.25) is 4.79 Å². The summed E-state index contributed by atoms with van der Waals surface area (Å²) in [5.74, 6) is -0.119. The van der Waals surface area contributed by atoms with Gasteiger partial charge in [0.25, 0.3) is 0 Å². The van der Waals surface area contributed by atoms with Crippen LogP contribution in [-0.4, -0.2) is 35.9 Å². The van der Waals surface area contributed by atoms with Gasteiger partial charge in [0.2, 0.25) is 5.91 Å². The van der Waals surface area contributed by atoms with Crippen LogP contribution in [0.15, 0.2) is 0 Å². The lowest BCUT2D eigenvalue weighted by molar-refractivity contribution is -0.129. The molecule has 0 saturated heterocycles. The highest BCUT2D eigenvalue weighted by Gasteiger charge is 2.24. The average molecular weight is 229 g/mol. The molecule has 0 aromatic carbocycles. The maximum atomic E-state index is 11.5. The van der Waals surface area contributed by atoms with Gasteiger partial charge in [0.15, 0.2) is 0 Å². The number of rotatable bonds is 5. The number of carbonyl (C=O) groups is 1. The van der Waals surface area contributed by atoms with E-state index in [2.05, 4.69) is 5.32 Å². The Balaban J connectivity index is 2.22. The van der Waals surface area contributed by atoms with Crippen molar-refractivity contribution >= 4 is 5.91 Å². The summed E-state index contributed by atoms with van der Waals surface area (Å²) in [6, 6.07) is -0.0817. The first kappa shape index (κ1) is 13.5. The van der Waals surface area contributed by atoms with E-state index in [4.69, 9.17) is 4.74 Å². The van der Waals surface area contributed by atoms with Crippen molar-refractivity contribution in [3.63, 3.8) is 0 Å². The van der Waals surface area contributed by atoms with Crippen molar-refractivity contribution in [2.45, 2.75) is 64.2 Å². The molecule has 2 N–H and O–H groups in total. The fourth-order valence-corrected chi connectivity index (χ4v) is 1.86. The number of nitrogens with one attached hydrogen (secondary N) is 1. The molecule has 3 atom stereocenters. The molecule has 0 radical (unpaired) electrons. The van der Waals surface area contributed by atoms with Crippen molar-refractivity contribution in [2.24, 2.45) is 0 Å². The maximum Gasteiger partial charge on any atom is 0.246 e. The van der Waals surface area contributed by atoms with Gasteiger partial charge in [-0.15, -0.1) is 0 Å². The van der Waals surface area contributed by atoms with Crippen LogP contribution in [0.1, 0.15) is 46.0 Å². The number of amides is 1. The molecule has 4 heteroatoms. The van der Waals surface area contributed by atoms with Crippen LogP contribution < -0.4 is 5.32 Å². The molecule has 1 fully saturated rings. The fourth-order valence-electron chi connectivity index (χ4n) is 1.86. The van der Waals surface area contributed by atoms with Crippen LogP contribution in [0, 0.1) is 0 Å². The summed E-state index contributed by atoms with van der Waals surface area (Å²) in [7, 11) is 0. The van der Waals surface area contributed by atoms with E-state index in [-0.39, 0.29) is 30.8 Å². The molecule has 1 amide bonds. The molecule has 0 bridgehead atoms. The topological polar surface area (TPSA) is 58.6 Å². The first-order valence-corrected chi connectivity index (χ1v) is 6.22. The number of hydrogen-bond donors (Lipinski definition) is 2. The van der Waals surface area contributed by atoms with Crippen LogP contribution in [-0.2, 0) is 9.53 Å². The minimum atomic E-state index is -0.388. The van der Waals surface area contributed by atoms with Crippen molar-refractivity contribution in [3.8, 4) is 0 Å². The maximum absolute atomic E-state index is 11.5. The highest BCUT2D eigenvalue weighted by Crippen LogP contribution is 2.18. The van der Waals surface area contributed by atoms with Gasteiger partial charge in [-0.2, -0.15) is 0 Å². The third kappa shape index (κ3) is 4.49. The highest BCUT2D eigenvalue weighted by atomic mass is 16.5. The number of aliphatic hydroxyl groups excluding tert-OH is 1. The highest BCUT2D eigenvalue weighted by molar-refractivity contribution is 5.77. The van der Waals surface area contributed by atoms with Crippen molar-refractivity contribution in [2.75, 3.05) is 6.61 Å². The molecular formula is C12H23NO3. The van der Waals surface area contributed by atoms with Crippen LogP contribution in [0.4, 0.5) is 0 Å². The summed E-state index contributed by atoms with van der Waals surface area (Å²) < 4.78 is 5.34. The molecule has 0 spiro atoms. The lowest BCUT2D eigenvalue weighted by Crippen LogP contribution is -2.46.